The lowest BCUT2D eigenvalue weighted by Crippen LogP contribution is -2.02. The van der Waals surface area contributed by atoms with Gasteiger partial charge in [-0.15, -0.1) is 11.3 Å². The van der Waals surface area contributed by atoms with E-state index in [0.717, 1.165) is 17.1 Å². The molecule has 2 rings (SSSR count). The quantitative estimate of drug-likeness (QED) is 0.866. The van der Waals surface area contributed by atoms with Crippen molar-refractivity contribution in [3.63, 3.8) is 0 Å². The zero-order valence-electron chi connectivity index (χ0n) is 8.11. The number of hydrogen-bond acceptors (Lipinski definition) is 3. The van der Waals surface area contributed by atoms with Crippen molar-refractivity contribution in [2.75, 3.05) is 6.54 Å². The van der Waals surface area contributed by atoms with Crippen LogP contribution >= 0.6 is 11.3 Å². The van der Waals surface area contributed by atoms with Gasteiger partial charge in [-0.25, -0.2) is 9.37 Å². The summed E-state index contributed by atoms with van der Waals surface area (Å²) in [4.78, 5) is 4.33. The highest BCUT2D eigenvalue weighted by atomic mass is 32.1. The summed E-state index contributed by atoms with van der Waals surface area (Å²) in [6.07, 6.45) is 0.741. The predicted octanol–water partition coefficient (Wildman–Crippen LogP) is 2.45. The molecule has 78 valence electrons. The van der Waals surface area contributed by atoms with Crippen LogP contribution in [0.2, 0.25) is 0 Å². The first-order chi connectivity index (χ1) is 7.31. The molecule has 2 N–H and O–H groups in total. The molecular weight excluding hydrogens is 211 g/mol. The minimum Gasteiger partial charge on any atom is -0.330 e. The van der Waals surface area contributed by atoms with E-state index in [4.69, 9.17) is 5.73 Å². The highest BCUT2D eigenvalue weighted by Gasteiger charge is 2.08. The second-order valence-corrected chi connectivity index (χ2v) is 4.02. The summed E-state index contributed by atoms with van der Waals surface area (Å²) in [5.74, 6) is -0.230. The summed E-state index contributed by atoms with van der Waals surface area (Å²) in [5, 5.41) is 2.64. The number of aromatic nitrogens is 1. The van der Waals surface area contributed by atoms with Crippen LogP contribution in [0, 0.1) is 5.82 Å². The first kappa shape index (κ1) is 10.3. The average Bonchev–Trinajstić information content (AvgIpc) is 2.68. The van der Waals surface area contributed by atoms with E-state index in [1.54, 1.807) is 12.1 Å². The van der Waals surface area contributed by atoms with Gasteiger partial charge >= 0.3 is 0 Å². The van der Waals surface area contributed by atoms with E-state index in [-0.39, 0.29) is 5.82 Å². The third-order valence-electron chi connectivity index (χ3n) is 2.06. The van der Waals surface area contributed by atoms with E-state index in [0.29, 0.717) is 12.1 Å². The van der Waals surface area contributed by atoms with Crippen LogP contribution in [0.25, 0.3) is 10.6 Å². The molecular formula is C11H11FN2S. The van der Waals surface area contributed by atoms with Crippen LogP contribution < -0.4 is 5.73 Å². The molecule has 0 aliphatic rings. The van der Waals surface area contributed by atoms with Crippen molar-refractivity contribution in [3.05, 3.63) is 41.2 Å². The fourth-order valence-corrected chi connectivity index (χ4v) is 2.21. The molecule has 15 heavy (non-hydrogen) atoms. The SMILES string of the molecule is NCCc1csc(-c2ccccc2F)n1. The Morgan fingerprint density at radius 2 is 2.13 bits per heavy atom. The Morgan fingerprint density at radius 3 is 2.87 bits per heavy atom. The van der Waals surface area contributed by atoms with Gasteiger partial charge in [0.15, 0.2) is 0 Å². The summed E-state index contributed by atoms with van der Waals surface area (Å²) in [6, 6.07) is 6.66. The van der Waals surface area contributed by atoms with Gasteiger partial charge in [0, 0.05) is 17.4 Å². The van der Waals surface area contributed by atoms with E-state index in [1.807, 2.05) is 11.4 Å². The number of halogens is 1. The van der Waals surface area contributed by atoms with Crippen molar-refractivity contribution in [2.45, 2.75) is 6.42 Å². The molecule has 1 aromatic heterocycles. The van der Waals surface area contributed by atoms with E-state index < -0.39 is 0 Å². The van der Waals surface area contributed by atoms with Crippen molar-refractivity contribution < 1.29 is 4.39 Å². The summed E-state index contributed by atoms with van der Waals surface area (Å²) in [5.41, 5.74) is 6.92. The molecule has 0 atom stereocenters. The Labute approximate surface area is 91.6 Å². The number of rotatable bonds is 3. The summed E-state index contributed by atoms with van der Waals surface area (Å²) < 4.78 is 13.4. The molecule has 0 unspecified atom stereocenters. The van der Waals surface area contributed by atoms with Crippen molar-refractivity contribution in [2.24, 2.45) is 5.73 Å². The lowest BCUT2D eigenvalue weighted by molar-refractivity contribution is 0.631. The number of hydrogen-bond donors (Lipinski definition) is 1. The van der Waals surface area contributed by atoms with Gasteiger partial charge in [0.1, 0.15) is 10.8 Å². The number of benzene rings is 1. The number of nitrogens with two attached hydrogens (primary N) is 1. The molecule has 0 amide bonds. The average molecular weight is 222 g/mol. The highest BCUT2D eigenvalue weighted by molar-refractivity contribution is 7.13. The summed E-state index contributed by atoms with van der Waals surface area (Å²) in [6.45, 7) is 0.570. The Balaban J connectivity index is 2.33. The minimum atomic E-state index is -0.230. The van der Waals surface area contributed by atoms with E-state index >= 15 is 0 Å². The van der Waals surface area contributed by atoms with Crippen LogP contribution in [-0.2, 0) is 6.42 Å². The van der Waals surface area contributed by atoms with Gasteiger partial charge in [0.25, 0.3) is 0 Å². The van der Waals surface area contributed by atoms with Gasteiger partial charge in [-0.05, 0) is 18.7 Å². The molecule has 0 radical (unpaired) electrons. The monoisotopic (exact) mass is 222 g/mol. The Morgan fingerprint density at radius 1 is 1.33 bits per heavy atom. The van der Waals surface area contributed by atoms with Crippen LogP contribution in [0.15, 0.2) is 29.6 Å². The zero-order valence-corrected chi connectivity index (χ0v) is 8.93. The van der Waals surface area contributed by atoms with Gasteiger partial charge in [0.2, 0.25) is 0 Å². The largest absolute Gasteiger partial charge is 0.330 e. The van der Waals surface area contributed by atoms with E-state index in [2.05, 4.69) is 4.98 Å². The molecule has 2 nitrogen and oxygen atoms in total. The molecule has 0 spiro atoms. The van der Waals surface area contributed by atoms with Crippen LogP contribution in [0.1, 0.15) is 5.69 Å². The maximum atomic E-state index is 13.4. The fraction of sp³-hybridized carbons (Fsp3) is 0.182. The molecule has 0 fully saturated rings. The van der Waals surface area contributed by atoms with Crippen LogP contribution in [0.3, 0.4) is 0 Å². The Bertz CT molecular complexity index is 453. The molecule has 0 aliphatic heterocycles. The van der Waals surface area contributed by atoms with Gasteiger partial charge < -0.3 is 5.73 Å². The third kappa shape index (κ3) is 2.22. The minimum absolute atomic E-state index is 0.230. The van der Waals surface area contributed by atoms with Gasteiger partial charge in [-0.2, -0.15) is 0 Å². The normalized spacial score (nSPS) is 10.5. The highest BCUT2D eigenvalue weighted by Crippen LogP contribution is 2.25. The van der Waals surface area contributed by atoms with E-state index in [1.165, 1.54) is 17.4 Å². The number of nitrogens with zero attached hydrogens (tertiary/aromatic N) is 1. The third-order valence-corrected chi connectivity index (χ3v) is 2.98. The molecule has 1 heterocycles. The molecule has 1 aromatic carbocycles. The van der Waals surface area contributed by atoms with Gasteiger partial charge in [0.05, 0.1) is 5.69 Å². The zero-order chi connectivity index (χ0) is 10.7. The molecule has 0 aliphatic carbocycles. The van der Waals surface area contributed by atoms with E-state index in [9.17, 15) is 4.39 Å². The standard InChI is InChI=1S/C11H11FN2S/c12-10-4-2-1-3-9(10)11-14-8(5-6-13)7-15-11/h1-4,7H,5-6,13H2. The molecule has 0 bridgehead atoms. The molecule has 0 saturated carbocycles. The maximum absolute atomic E-state index is 13.4. The van der Waals surface area contributed by atoms with Crippen LogP contribution in [-0.4, -0.2) is 11.5 Å². The van der Waals surface area contributed by atoms with Crippen LogP contribution in [0.4, 0.5) is 4.39 Å². The number of thiazole rings is 1. The molecule has 4 heteroatoms. The van der Waals surface area contributed by atoms with Crippen LogP contribution in [0.5, 0.6) is 0 Å². The smallest absolute Gasteiger partial charge is 0.133 e. The van der Waals surface area contributed by atoms with Gasteiger partial charge in [-0.1, -0.05) is 12.1 Å². The predicted molar refractivity (Wildman–Crippen MR) is 60.3 cm³/mol. The Hall–Kier alpha value is -1.26. The maximum Gasteiger partial charge on any atom is 0.133 e. The molecule has 0 saturated heterocycles. The van der Waals surface area contributed by atoms with Crippen molar-refractivity contribution in [1.82, 2.24) is 4.98 Å². The summed E-state index contributed by atoms with van der Waals surface area (Å²) >= 11 is 1.45. The second-order valence-electron chi connectivity index (χ2n) is 3.16. The second kappa shape index (κ2) is 4.51. The lowest BCUT2D eigenvalue weighted by Gasteiger charge is -1.97. The lowest BCUT2D eigenvalue weighted by atomic mass is 10.2. The van der Waals surface area contributed by atoms with Crippen molar-refractivity contribution >= 4 is 11.3 Å². The van der Waals surface area contributed by atoms with Crippen molar-refractivity contribution in [1.29, 1.82) is 0 Å². The first-order valence-electron chi connectivity index (χ1n) is 4.70. The van der Waals surface area contributed by atoms with Gasteiger partial charge in [-0.3, -0.25) is 0 Å². The molecule has 2 aromatic rings. The topological polar surface area (TPSA) is 38.9 Å². The fourth-order valence-electron chi connectivity index (χ4n) is 1.33. The Kier molecular flexibility index (Phi) is 3.08. The van der Waals surface area contributed by atoms with Crippen molar-refractivity contribution in [3.8, 4) is 10.6 Å². The first-order valence-corrected chi connectivity index (χ1v) is 5.58. The summed E-state index contributed by atoms with van der Waals surface area (Å²) in [7, 11) is 0.